The standard InChI is InChI=1S/C10H11Cl3S/c11-5-1-2-6-14-10-7-8(12)3-4-9(10)13/h3-4,7H,1-2,5-6H2. The lowest BCUT2D eigenvalue weighted by atomic mass is 10.4. The fourth-order valence-corrected chi connectivity index (χ4v) is 2.66. The molecule has 78 valence electrons. The fraction of sp³-hybridized carbons (Fsp3) is 0.400. The highest BCUT2D eigenvalue weighted by Crippen LogP contribution is 2.30. The largest absolute Gasteiger partial charge is 0.127 e. The summed E-state index contributed by atoms with van der Waals surface area (Å²) >= 11 is 19.2. The summed E-state index contributed by atoms with van der Waals surface area (Å²) in [5, 5.41) is 1.50. The van der Waals surface area contributed by atoms with E-state index in [4.69, 9.17) is 34.8 Å². The molecule has 1 aromatic rings. The molecule has 1 aromatic carbocycles. The van der Waals surface area contributed by atoms with Gasteiger partial charge in [0.15, 0.2) is 0 Å². The first-order valence-corrected chi connectivity index (χ1v) is 6.65. The number of hydrogen-bond donors (Lipinski definition) is 0. The number of alkyl halides is 1. The molecule has 0 saturated heterocycles. The maximum absolute atomic E-state index is 6.00. The number of rotatable bonds is 5. The Kier molecular flexibility index (Phi) is 6.11. The van der Waals surface area contributed by atoms with E-state index in [-0.39, 0.29) is 0 Å². The quantitative estimate of drug-likeness (QED) is 0.407. The van der Waals surface area contributed by atoms with E-state index in [9.17, 15) is 0 Å². The van der Waals surface area contributed by atoms with Crippen molar-refractivity contribution in [1.82, 2.24) is 0 Å². The summed E-state index contributed by atoms with van der Waals surface area (Å²) < 4.78 is 0. The van der Waals surface area contributed by atoms with Gasteiger partial charge in [-0.15, -0.1) is 23.4 Å². The number of benzene rings is 1. The molecule has 0 fully saturated rings. The van der Waals surface area contributed by atoms with Crippen molar-refractivity contribution in [3.8, 4) is 0 Å². The molecule has 0 saturated carbocycles. The molecule has 0 aliphatic carbocycles. The zero-order valence-corrected chi connectivity index (χ0v) is 10.7. The van der Waals surface area contributed by atoms with Gasteiger partial charge in [-0.3, -0.25) is 0 Å². The van der Waals surface area contributed by atoms with E-state index in [1.807, 2.05) is 12.1 Å². The van der Waals surface area contributed by atoms with Gasteiger partial charge in [-0.2, -0.15) is 0 Å². The van der Waals surface area contributed by atoms with Gasteiger partial charge in [0.1, 0.15) is 0 Å². The first kappa shape index (κ1) is 12.5. The van der Waals surface area contributed by atoms with Crippen molar-refractivity contribution in [3.05, 3.63) is 28.2 Å². The molecule has 14 heavy (non-hydrogen) atoms. The van der Waals surface area contributed by atoms with Crippen LogP contribution in [0.1, 0.15) is 12.8 Å². The van der Waals surface area contributed by atoms with Gasteiger partial charge >= 0.3 is 0 Å². The molecule has 0 aromatic heterocycles. The predicted octanol–water partition coefficient (Wildman–Crippen LogP) is 5.10. The summed E-state index contributed by atoms with van der Waals surface area (Å²) in [6.07, 6.45) is 2.16. The van der Waals surface area contributed by atoms with E-state index in [1.54, 1.807) is 17.8 Å². The molecule has 0 nitrogen and oxygen atoms in total. The number of hydrogen-bond acceptors (Lipinski definition) is 1. The normalized spacial score (nSPS) is 10.5. The summed E-state index contributed by atoms with van der Waals surface area (Å²) in [7, 11) is 0. The molecular weight excluding hydrogens is 259 g/mol. The Hall–Kier alpha value is 0.440. The summed E-state index contributed by atoms with van der Waals surface area (Å²) in [4.78, 5) is 1.05. The molecule has 0 amide bonds. The second-order valence-electron chi connectivity index (χ2n) is 2.82. The molecule has 0 radical (unpaired) electrons. The van der Waals surface area contributed by atoms with Crippen LogP contribution in [0.2, 0.25) is 10.0 Å². The number of thioether (sulfide) groups is 1. The van der Waals surface area contributed by atoms with Crippen LogP contribution in [0.5, 0.6) is 0 Å². The van der Waals surface area contributed by atoms with Crippen molar-refractivity contribution < 1.29 is 0 Å². The van der Waals surface area contributed by atoms with Crippen LogP contribution in [-0.2, 0) is 0 Å². The third kappa shape index (κ3) is 4.31. The third-order valence-electron chi connectivity index (χ3n) is 1.68. The maximum Gasteiger partial charge on any atom is 0.0542 e. The summed E-state index contributed by atoms with van der Waals surface area (Å²) in [6.45, 7) is 0. The van der Waals surface area contributed by atoms with Gasteiger partial charge in [-0.1, -0.05) is 23.2 Å². The van der Waals surface area contributed by atoms with E-state index < -0.39 is 0 Å². The summed E-state index contributed by atoms with van der Waals surface area (Å²) in [5.74, 6) is 1.76. The summed E-state index contributed by atoms with van der Waals surface area (Å²) in [6, 6.07) is 5.52. The second kappa shape index (κ2) is 6.84. The molecule has 0 atom stereocenters. The van der Waals surface area contributed by atoms with Crippen molar-refractivity contribution in [2.24, 2.45) is 0 Å². The maximum atomic E-state index is 6.00. The van der Waals surface area contributed by atoms with Gasteiger partial charge in [0.05, 0.1) is 5.02 Å². The average molecular weight is 270 g/mol. The van der Waals surface area contributed by atoms with Crippen LogP contribution in [0.25, 0.3) is 0 Å². The minimum absolute atomic E-state index is 0.726. The molecular formula is C10H11Cl3S. The molecule has 0 aliphatic heterocycles. The van der Waals surface area contributed by atoms with Crippen LogP contribution in [0.15, 0.2) is 23.1 Å². The SMILES string of the molecule is ClCCCCSc1cc(Cl)ccc1Cl. The van der Waals surface area contributed by atoms with E-state index in [1.165, 1.54) is 0 Å². The number of halogens is 3. The highest BCUT2D eigenvalue weighted by Gasteiger charge is 2.01. The zero-order valence-electron chi connectivity index (χ0n) is 7.60. The molecule has 1 rings (SSSR count). The van der Waals surface area contributed by atoms with Crippen LogP contribution < -0.4 is 0 Å². The lowest BCUT2D eigenvalue weighted by Crippen LogP contribution is -1.82. The smallest absolute Gasteiger partial charge is 0.0542 e. The molecule has 0 N–H and O–H groups in total. The van der Waals surface area contributed by atoms with Crippen LogP contribution in [-0.4, -0.2) is 11.6 Å². The number of unbranched alkanes of at least 4 members (excludes halogenated alkanes) is 1. The Bertz CT molecular complexity index is 289. The Morgan fingerprint density at radius 1 is 1.14 bits per heavy atom. The van der Waals surface area contributed by atoms with Gasteiger partial charge in [0.2, 0.25) is 0 Å². The molecule has 0 aliphatic rings. The minimum atomic E-state index is 0.726. The van der Waals surface area contributed by atoms with Gasteiger partial charge in [-0.05, 0) is 36.8 Å². The molecule has 0 spiro atoms. The molecule has 0 bridgehead atoms. The van der Waals surface area contributed by atoms with Crippen LogP contribution >= 0.6 is 46.6 Å². The van der Waals surface area contributed by atoms with Crippen molar-refractivity contribution >= 4 is 46.6 Å². The van der Waals surface area contributed by atoms with Crippen molar-refractivity contribution in [3.63, 3.8) is 0 Å². The Morgan fingerprint density at radius 3 is 2.64 bits per heavy atom. The second-order valence-corrected chi connectivity index (χ2v) is 5.18. The Balaban J connectivity index is 2.45. The summed E-state index contributed by atoms with van der Waals surface area (Å²) in [5.41, 5.74) is 0. The first-order valence-electron chi connectivity index (χ1n) is 4.38. The highest BCUT2D eigenvalue weighted by atomic mass is 35.5. The molecule has 0 heterocycles. The van der Waals surface area contributed by atoms with E-state index >= 15 is 0 Å². The van der Waals surface area contributed by atoms with E-state index in [0.29, 0.717) is 0 Å². The minimum Gasteiger partial charge on any atom is -0.127 e. The average Bonchev–Trinajstić information content (AvgIpc) is 2.18. The van der Waals surface area contributed by atoms with Crippen LogP contribution in [0, 0.1) is 0 Å². The zero-order chi connectivity index (χ0) is 10.4. The van der Waals surface area contributed by atoms with Gasteiger partial charge in [0, 0.05) is 15.8 Å². The Labute approximate surface area is 104 Å². The van der Waals surface area contributed by atoms with Gasteiger partial charge in [0.25, 0.3) is 0 Å². The molecule has 4 heteroatoms. The van der Waals surface area contributed by atoms with Crippen LogP contribution in [0.3, 0.4) is 0 Å². The third-order valence-corrected chi connectivity index (χ3v) is 3.76. The highest BCUT2D eigenvalue weighted by molar-refractivity contribution is 7.99. The predicted molar refractivity (Wildman–Crippen MR) is 67.1 cm³/mol. The lowest BCUT2D eigenvalue weighted by Gasteiger charge is -2.03. The van der Waals surface area contributed by atoms with Crippen LogP contribution in [0.4, 0.5) is 0 Å². The van der Waals surface area contributed by atoms with E-state index in [2.05, 4.69) is 0 Å². The Morgan fingerprint density at radius 2 is 1.93 bits per heavy atom. The first-order chi connectivity index (χ1) is 6.74. The lowest BCUT2D eigenvalue weighted by molar-refractivity contribution is 0.903. The van der Waals surface area contributed by atoms with Gasteiger partial charge in [-0.25, -0.2) is 0 Å². The van der Waals surface area contributed by atoms with E-state index in [0.717, 1.165) is 39.4 Å². The van der Waals surface area contributed by atoms with Crippen molar-refractivity contribution in [1.29, 1.82) is 0 Å². The monoisotopic (exact) mass is 268 g/mol. The fourth-order valence-electron chi connectivity index (χ4n) is 0.966. The topological polar surface area (TPSA) is 0 Å². The van der Waals surface area contributed by atoms with Crippen molar-refractivity contribution in [2.75, 3.05) is 11.6 Å². The molecule has 0 unspecified atom stereocenters. The van der Waals surface area contributed by atoms with Crippen molar-refractivity contribution in [2.45, 2.75) is 17.7 Å². The van der Waals surface area contributed by atoms with Gasteiger partial charge < -0.3 is 0 Å².